The summed E-state index contributed by atoms with van der Waals surface area (Å²) in [7, 11) is 1.66. The number of carbonyl (C=O) groups excluding carboxylic acids is 1. The molecule has 1 amide bonds. The van der Waals surface area contributed by atoms with E-state index >= 15 is 0 Å². The van der Waals surface area contributed by atoms with Crippen molar-refractivity contribution >= 4 is 5.91 Å². The summed E-state index contributed by atoms with van der Waals surface area (Å²) in [6, 6.07) is 14.0. The van der Waals surface area contributed by atoms with Crippen molar-refractivity contribution < 1.29 is 9.53 Å². The highest BCUT2D eigenvalue weighted by Crippen LogP contribution is 2.13. The van der Waals surface area contributed by atoms with Crippen LogP contribution in [-0.4, -0.2) is 19.6 Å². The Kier molecular flexibility index (Phi) is 5.59. The van der Waals surface area contributed by atoms with Crippen LogP contribution in [0.5, 0.6) is 5.75 Å². The van der Waals surface area contributed by atoms with Gasteiger partial charge in [-0.15, -0.1) is 0 Å². The molecule has 0 saturated carbocycles. The van der Waals surface area contributed by atoms with Gasteiger partial charge >= 0.3 is 0 Å². The van der Waals surface area contributed by atoms with E-state index in [-0.39, 0.29) is 5.91 Å². The Morgan fingerprint density at radius 3 is 2.50 bits per heavy atom. The van der Waals surface area contributed by atoms with Crippen molar-refractivity contribution in [3.63, 3.8) is 0 Å². The minimum absolute atomic E-state index is 0.0101. The number of hydrogen-bond donors (Lipinski definition) is 1. The fraction of sp³-hybridized carbons (Fsp3) is 0.316. The van der Waals surface area contributed by atoms with E-state index in [9.17, 15) is 4.79 Å². The second kappa shape index (κ2) is 7.64. The molecule has 0 heterocycles. The van der Waals surface area contributed by atoms with Gasteiger partial charge in [0.15, 0.2) is 0 Å². The predicted molar refractivity (Wildman–Crippen MR) is 89.6 cm³/mol. The van der Waals surface area contributed by atoms with Crippen LogP contribution in [0.25, 0.3) is 0 Å². The molecule has 3 nitrogen and oxygen atoms in total. The number of benzene rings is 2. The van der Waals surface area contributed by atoms with Crippen LogP contribution in [0.1, 0.15) is 33.5 Å². The molecule has 0 saturated heterocycles. The van der Waals surface area contributed by atoms with Gasteiger partial charge in [0.25, 0.3) is 5.91 Å². The molecule has 0 aromatic heterocycles. The Morgan fingerprint density at radius 2 is 1.82 bits per heavy atom. The number of rotatable bonds is 6. The fourth-order valence-corrected chi connectivity index (χ4v) is 2.36. The first-order valence-electron chi connectivity index (χ1n) is 7.58. The van der Waals surface area contributed by atoms with Gasteiger partial charge in [0.1, 0.15) is 5.75 Å². The quantitative estimate of drug-likeness (QED) is 0.826. The van der Waals surface area contributed by atoms with Crippen molar-refractivity contribution in [2.75, 3.05) is 13.7 Å². The summed E-state index contributed by atoms with van der Waals surface area (Å²) < 4.78 is 5.14. The van der Waals surface area contributed by atoms with E-state index in [2.05, 4.69) is 17.4 Å². The molecule has 0 aliphatic carbocycles. The van der Waals surface area contributed by atoms with Gasteiger partial charge in [-0.05, 0) is 56.0 Å². The van der Waals surface area contributed by atoms with Crippen LogP contribution in [0.4, 0.5) is 0 Å². The molecule has 22 heavy (non-hydrogen) atoms. The highest BCUT2D eigenvalue weighted by atomic mass is 16.5. The largest absolute Gasteiger partial charge is 0.497 e. The molecular weight excluding hydrogens is 274 g/mol. The Labute approximate surface area is 132 Å². The van der Waals surface area contributed by atoms with Crippen molar-refractivity contribution in [1.82, 2.24) is 5.32 Å². The lowest BCUT2D eigenvalue weighted by atomic mass is 10.0. The molecule has 2 aromatic carbocycles. The van der Waals surface area contributed by atoms with Gasteiger partial charge in [0.2, 0.25) is 0 Å². The zero-order chi connectivity index (χ0) is 15.9. The lowest BCUT2D eigenvalue weighted by Gasteiger charge is -2.09. The van der Waals surface area contributed by atoms with Crippen LogP contribution in [0.2, 0.25) is 0 Å². The number of methoxy groups -OCH3 is 1. The highest BCUT2D eigenvalue weighted by Gasteiger charge is 2.08. The van der Waals surface area contributed by atoms with E-state index in [1.165, 1.54) is 5.56 Å². The van der Waals surface area contributed by atoms with Crippen molar-refractivity contribution in [3.05, 3.63) is 64.7 Å². The molecular formula is C19H23NO2. The summed E-state index contributed by atoms with van der Waals surface area (Å²) in [4.78, 5) is 12.2. The van der Waals surface area contributed by atoms with Gasteiger partial charge in [-0.1, -0.05) is 29.8 Å². The lowest BCUT2D eigenvalue weighted by Crippen LogP contribution is -2.25. The second-order valence-corrected chi connectivity index (χ2v) is 5.53. The van der Waals surface area contributed by atoms with Crippen LogP contribution < -0.4 is 10.1 Å². The maximum absolute atomic E-state index is 12.2. The average molecular weight is 297 g/mol. The van der Waals surface area contributed by atoms with Crippen molar-refractivity contribution in [1.29, 1.82) is 0 Å². The summed E-state index contributed by atoms with van der Waals surface area (Å²) in [6.45, 7) is 4.64. The number of aryl methyl sites for hydroxylation is 3. The summed E-state index contributed by atoms with van der Waals surface area (Å²) in [5.41, 5.74) is 4.14. The molecule has 0 radical (unpaired) electrons. The smallest absolute Gasteiger partial charge is 0.251 e. The van der Waals surface area contributed by atoms with E-state index < -0.39 is 0 Å². The van der Waals surface area contributed by atoms with E-state index in [1.807, 2.05) is 44.2 Å². The predicted octanol–water partition coefficient (Wildman–Crippen LogP) is 3.67. The van der Waals surface area contributed by atoms with Gasteiger partial charge in [0, 0.05) is 12.1 Å². The maximum atomic E-state index is 12.2. The van der Waals surface area contributed by atoms with E-state index in [1.54, 1.807) is 7.11 Å². The molecule has 0 fully saturated rings. The molecule has 2 aromatic rings. The summed E-state index contributed by atoms with van der Waals surface area (Å²) in [6.07, 6.45) is 1.86. The summed E-state index contributed by atoms with van der Waals surface area (Å²) in [5.74, 6) is 0.878. The summed E-state index contributed by atoms with van der Waals surface area (Å²) >= 11 is 0. The van der Waals surface area contributed by atoms with Gasteiger partial charge < -0.3 is 10.1 Å². The van der Waals surface area contributed by atoms with Gasteiger partial charge in [-0.3, -0.25) is 4.79 Å². The first-order valence-corrected chi connectivity index (χ1v) is 7.58. The SMILES string of the molecule is COc1ccc(CCCNC(=O)c2cc(C)ccc2C)cc1. The first kappa shape index (κ1) is 16.1. The normalized spacial score (nSPS) is 10.3. The van der Waals surface area contributed by atoms with Crippen molar-refractivity contribution in [3.8, 4) is 5.75 Å². The third-order valence-electron chi connectivity index (χ3n) is 3.72. The van der Waals surface area contributed by atoms with Crippen molar-refractivity contribution in [2.24, 2.45) is 0 Å². The van der Waals surface area contributed by atoms with Gasteiger partial charge in [0.05, 0.1) is 7.11 Å². The molecule has 0 spiro atoms. The van der Waals surface area contributed by atoms with E-state index in [0.717, 1.165) is 35.3 Å². The third kappa shape index (κ3) is 4.35. The maximum Gasteiger partial charge on any atom is 0.251 e. The number of nitrogens with one attached hydrogen (secondary N) is 1. The molecule has 2 rings (SSSR count). The lowest BCUT2D eigenvalue weighted by molar-refractivity contribution is 0.0952. The Bertz CT molecular complexity index is 632. The molecule has 3 heteroatoms. The van der Waals surface area contributed by atoms with Gasteiger partial charge in [-0.25, -0.2) is 0 Å². The standard InChI is InChI=1S/C19H23NO2/c1-14-6-7-15(2)18(13-14)19(21)20-12-4-5-16-8-10-17(22-3)11-9-16/h6-11,13H,4-5,12H2,1-3H3,(H,20,21). The summed E-state index contributed by atoms with van der Waals surface area (Å²) in [5, 5.41) is 3.00. The Balaban J connectivity index is 1.80. The van der Waals surface area contributed by atoms with E-state index in [0.29, 0.717) is 6.54 Å². The van der Waals surface area contributed by atoms with Crippen LogP contribution in [0.15, 0.2) is 42.5 Å². The molecule has 0 atom stereocenters. The fourth-order valence-electron chi connectivity index (χ4n) is 2.36. The first-order chi connectivity index (χ1) is 10.6. The minimum atomic E-state index is 0.0101. The molecule has 116 valence electrons. The number of carbonyl (C=O) groups is 1. The third-order valence-corrected chi connectivity index (χ3v) is 3.72. The van der Waals surface area contributed by atoms with Crippen LogP contribution in [-0.2, 0) is 6.42 Å². The van der Waals surface area contributed by atoms with Crippen molar-refractivity contribution in [2.45, 2.75) is 26.7 Å². The molecule has 1 N–H and O–H groups in total. The van der Waals surface area contributed by atoms with Crippen LogP contribution in [0.3, 0.4) is 0 Å². The minimum Gasteiger partial charge on any atom is -0.497 e. The number of hydrogen-bond acceptors (Lipinski definition) is 2. The topological polar surface area (TPSA) is 38.3 Å². The zero-order valence-corrected chi connectivity index (χ0v) is 13.5. The molecule has 0 unspecified atom stereocenters. The zero-order valence-electron chi connectivity index (χ0n) is 13.5. The molecule has 0 bridgehead atoms. The number of ether oxygens (including phenoxy) is 1. The Morgan fingerprint density at radius 1 is 1.09 bits per heavy atom. The Hall–Kier alpha value is -2.29. The second-order valence-electron chi connectivity index (χ2n) is 5.53. The average Bonchev–Trinajstić information content (AvgIpc) is 2.54. The highest BCUT2D eigenvalue weighted by molar-refractivity contribution is 5.95. The van der Waals surface area contributed by atoms with Gasteiger partial charge in [-0.2, -0.15) is 0 Å². The van der Waals surface area contributed by atoms with Crippen LogP contribution >= 0.6 is 0 Å². The monoisotopic (exact) mass is 297 g/mol. The molecule has 0 aliphatic heterocycles. The molecule has 0 aliphatic rings. The van der Waals surface area contributed by atoms with E-state index in [4.69, 9.17) is 4.74 Å². The van der Waals surface area contributed by atoms with Crippen LogP contribution in [0, 0.1) is 13.8 Å². The number of amides is 1.